The van der Waals surface area contributed by atoms with Crippen LogP contribution in [0.4, 0.5) is 0 Å². The Hall–Kier alpha value is -1.11. The van der Waals surface area contributed by atoms with Crippen molar-refractivity contribution in [1.82, 2.24) is 4.98 Å². The van der Waals surface area contributed by atoms with E-state index in [4.69, 9.17) is 0 Å². The molecule has 0 fully saturated rings. The van der Waals surface area contributed by atoms with Crippen LogP contribution in [0, 0.1) is 5.92 Å². The number of hydrogen-bond donors (Lipinski definition) is 0. The van der Waals surface area contributed by atoms with Crippen LogP contribution in [-0.4, -0.2) is 4.98 Å². The van der Waals surface area contributed by atoms with E-state index in [1.54, 1.807) is 0 Å². The number of nitrogens with zero attached hydrogens (tertiary/aromatic N) is 1. The predicted octanol–water partition coefficient (Wildman–Crippen LogP) is 3.80. The van der Waals surface area contributed by atoms with Gasteiger partial charge >= 0.3 is 0 Å². The first-order chi connectivity index (χ1) is 7.08. The molecule has 1 aliphatic rings. The SMILES string of the molecule is CC(C)C1=Cc2cc(C(C)C)ncc2C1. The Morgan fingerprint density at radius 3 is 2.47 bits per heavy atom. The molecule has 0 unspecified atom stereocenters. The zero-order valence-electron chi connectivity index (χ0n) is 10.0. The summed E-state index contributed by atoms with van der Waals surface area (Å²) in [6, 6.07) is 2.25. The van der Waals surface area contributed by atoms with Crippen LogP contribution in [0.15, 0.2) is 17.8 Å². The molecule has 0 aliphatic heterocycles. The van der Waals surface area contributed by atoms with E-state index in [2.05, 4.69) is 51.0 Å². The summed E-state index contributed by atoms with van der Waals surface area (Å²) in [5.41, 5.74) is 5.52. The van der Waals surface area contributed by atoms with Crippen molar-refractivity contribution in [2.75, 3.05) is 0 Å². The maximum atomic E-state index is 4.51. The molecule has 0 spiro atoms. The Balaban J connectivity index is 2.34. The van der Waals surface area contributed by atoms with Gasteiger partial charge < -0.3 is 0 Å². The number of allylic oxidation sites excluding steroid dienone is 1. The molecule has 1 heterocycles. The molecule has 0 bridgehead atoms. The van der Waals surface area contributed by atoms with Gasteiger partial charge in [0.1, 0.15) is 0 Å². The molecule has 1 aromatic rings. The molecular weight excluding hydrogens is 182 g/mol. The number of aromatic nitrogens is 1. The first-order valence-electron chi connectivity index (χ1n) is 5.77. The molecule has 0 saturated heterocycles. The molecule has 0 atom stereocenters. The zero-order valence-corrected chi connectivity index (χ0v) is 10.0. The van der Waals surface area contributed by atoms with Gasteiger partial charge in [-0.15, -0.1) is 0 Å². The smallest absolute Gasteiger partial charge is 0.0435 e. The lowest BCUT2D eigenvalue weighted by Crippen LogP contribution is -1.96. The van der Waals surface area contributed by atoms with E-state index in [0.717, 1.165) is 6.42 Å². The van der Waals surface area contributed by atoms with Crippen LogP contribution in [-0.2, 0) is 6.42 Å². The summed E-state index contributed by atoms with van der Waals surface area (Å²) in [5, 5.41) is 0. The normalized spacial score (nSPS) is 14.7. The number of rotatable bonds is 2. The first-order valence-corrected chi connectivity index (χ1v) is 5.77. The summed E-state index contributed by atoms with van der Waals surface area (Å²) in [4.78, 5) is 4.51. The van der Waals surface area contributed by atoms with Crippen LogP contribution in [0.1, 0.15) is 50.4 Å². The highest BCUT2D eigenvalue weighted by molar-refractivity contribution is 5.63. The topological polar surface area (TPSA) is 12.9 Å². The lowest BCUT2D eigenvalue weighted by atomic mass is 10.0. The fourth-order valence-electron chi connectivity index (χ4n) is 1.96. The summed E-state index contributed by atoms with van der Waals surface area (Å²) < 4.78 is 0. The molecule has 0 amide bonds. The number of fused-ring (bicyclic) bond motifs is 1. The highest BCUT2D eigenvalue weighted by atomic mass is 14.7. The molecule has 0 N–H and O–H groups in total. The van der Waals surface area contributed by atoms with Crippen molar-refractivity contribution in [2.45, 2.75) is 40.0 Å². The second-order valence-corrected chi connectivity index (χ2v) is 5.01. The molecule has 0 saturated carbocycles. The minimum atomic E-state index is 0.520. The fourth-order valence-corrected chi connectivity index (χ4v) is 1.96. The average Bonchev–Trinajstić information content (AvgIpc) is 2.59. The van der Waals surface area contributed by atoms with Gasteiger partial charge in [0.15, 0.2) is 0 Å². The van der Waals surface area contributed by atoms with Crippen molar-refractivity contribution in [2.24, 2.45) is 5.92 Å². The monoisotopic (exact) mass is 201 g/mol. The standard InChI is InChI=1S/C14H19N/c1-9(2)11-5-12-7-14(10(3)4)15-8-13(12)6-11/h5,7-10H,6H2,1-4H3. The van der Waals surface area contributed by atoms with Crippen LogP contribution in [0.3, 0.4) is 0 Å². The fraction of sp³-hybridized carbons (Fsp3) is 0.500. The van der Waals surface area contributed by atoms with Gasteiger partial charge in [-0.3, -0.25) is 4.98 Å². The summed E-state index contributed by atoms with van der Waals surface area (Å²) >= 11 is 0. The van der Waals surface area contributed by atoms with Gasteiger partial charge in [-0.1, -0.05) is 39.3 Å². The van der Waals surface area contributed by atoms with Crippen molar-refractivity contribution in [3.05, 3.63) is 34.7 Å². The molecule has 1 aromatic heterocycles. The van der Waals surface area contributed by atoms with Gasteiger partial charge in [0, 0.05) is 11.9 Å². The second-order valence-electron chi connectivity index (χ2n) is 5.01. The van der Waals surface area contributed by atoms with E-state index in [0.29, 0.717) is 11.8 Å². The lowest BCUT2D eigenvalue weighted by molar-refractivity contribution is 0.753. The maximum Gasteiger partial charge on any atom is 0.0435 e. The first kappa shape index (κ1) is 10.4. The molecule has 1 aliphatic carbocycles. The molecular formula is C14H19N. The third-order valence-corrected chi connectivity index (χ3v) is 3.11. The Morgan fingerprint density at radius 1 is 1.13 bits per heavy atom. The van der Waals surface area contributed by atoms with Crippen LogP contribution in [0.5, 0.6) is 0 Å². The quantitative estimate of drug-likeness (QED) is 0.709. The molecule has 15 heavy (non-hydrogen) atoms. The van der Waals surface area contributed by atoms with Crippen molar-refractivity contribution >= 4 is 6.08 Å². The Kier molecular flexibility index (Phi) is 2.64. The maximum absolute atomic E-state index is 4.51. The number of hydrogen-bond acceptors (Lipinski definition) is 1. The van der Waals surface area contributed by atoms with Crippen molar-refractivity contribution in [3.63, 3.8) is 0 Å². The van der Waals surface area contributed by atoms with E-state index in [1.165, 1.54) is 22.4 Å². The van der Waals surface area contributed by atoms with E-state index in [9.17, 15) is 0 Å². The van der Waals surface area contributed by atoms with Gasteiger partial charge in [-0.2, -0.15) is 0 Å². The van der Waals surface area contributed by atoms with Gasteiger partial charge in [-0.25, -0.2) is 0 Å². The van der Waals surface area contributed by atoms with Gasteiger partial charge in [-0.05, 0) is 35.4 Å². The zero-order chi connectivity index (χ0) is 11.0. The van der Waals surface area contributed by atoms with E-state index < -0.39 is 0 Å². The van der Waals surface area contributed by atoms with E-state index in [1.807, 2.05) is 0 Å². The third kappa shape index (κ3) is 1.97. The summed E-state index contributed by atoms with van der Waals surface area (Å²) in [6.07, 6.45) is 5.49. The Bertz CT molecular complexity index is 400. The average molecular weight is 201 g/mol. The Morgan fingerprint density at radius 2 is 1.87 bits per heavy atom. The summed E-state index contributed by atoms with van der Waals surface area (Å²) in [5.74, 6) is 1.17. The van der Waals surface area contributed by atoms with E-state index >= 15 is 0 Å². The second kappa shape index (κ2) is 3.80. The van der Waals surface area contributed by atoms with Crippen LogP contribution in [0.25, 0.3) is 6.08 Å². The summed E-state index contributed by atoms with van der Waals surface area (Å²) in [6.45, 7) is 8.90. The lowest BCUT2D eigenvalue weighted by Gasteiger charge is -2.06. The molecule has 2 rings (SSSR count). The molecule has 0 aromatic carbocycles. The van der Waals surface area contributed by atoms with Crippen molar-refractivity contribution < 1.29 is 0 Å². The minimum absolute atomic E-state index is 0.520. The van der Waals surface area contributed by atoms with Crippen molar-refractivity contribution in [3.8, 4) is 0 Å². The Labute approximate surface area is 92.2 Å². The highest BCUT2D eigenvalue weighted by Gasteiger charge is 2.16. The van der Waals surface area contributed by atoms with Gasteiger partial charge in [0.25, 0.3) is 0 Å². The van der Waals surface area contributed by atoms with Crippen LogP contribution in [0.2, 0.25) is 0 Å². The van der Waals surface area contributed by atoms with Crippen LogP contribution >= 0.6 is 0 Å². The molecule has 80 valence electrons. The largest absolute Gasteiger partial charge is 0.261 e. The van der Waals surface area contributed by atoms with Crippen molar-refractivity contribution in [1.29, 1.82) is 0 Å². The van der Waals surface area contributed by atoms with Gasteiger partial charge in [0.05, 0.1) is 0 Å². The highest BCUT2D eigenvalue weighted by Crippen LogP contribution is 2.30. The summed E-state index contributed by atoms with van der Waals surface area (Å²) in [7, 11) is 0. The minimum Gasteiger partial charge on any atom is -0.261 e. The predicted molar refractivity (Wildman–Crippen MR) is 64.8 cm³/mol. The molecule has 0 radical (unpaired) electrons. The van der Waals surface area contributed by atoms with Gasteiger partial charge in [0.2, 0.25) is 0 Å². The third-order valence-electron chi connectivity index (χ3n) is 3.11. The number of pyridine rings is 1. The molecule has 1 heteroatoms. The van der Waals surface area contributed by atoms with E-state index in [-0.39, 0.29) is 0 Å². The molecule has 1 nitrogen and oxygen atoms in total. The van der Waals surface area contributed by atoms with Crippen LogP contribution < -0.4 is 0 Å².